The quantitative estimate of drug-likeness (QED) is 0.524. The van der Waals surface area contributed by atoms with E-state index in [4.69, 9.17) is 4.52 Å². The Hall–Kier alpha value is -3.19. The molecule has 1 saturated heterocycles. The summed E-state index contributed by atoms with van der Waals surface area (Å²) in [5.41, 5.74) is 2.93. The molecule has 1 aliphatic heterocycles. The van der Waals surface area contributed by atoms with Crippen molar-refractivity contribution in [1.29, 1.82) is 0 Å². The van der Waals surface area contributed by atoms with Gasteiger partial charge in [0.05, 0.1) is 12.1 Å². The SMILES string of the molecule is CCC(C)N(Cc1c(-c2ccc(F)cc2)noc1N1CCN(C)CC1)C(=O)c1ccccc1. The zero-order chi connectivity index (χ0) is 23.4. The maximum absolute atomic E-state index is 13.6. The van der Waals surface area contributed by atoms with Crippen molar-refractivity contribution in [2.45, 2.75) is 32.9 Å². The summed E-state index contributed by atoms with van der Waals surface area (Å²) < 4.78 is 19.5. The molecule has 0 spiro atoms. The molecule has 33 heavy (non-hydrogen) atoms. The number of anilines is 1. The first-order valence-corrected chi connectivity index (χ1v) is 11.5. The van der Waals surface area contributed by atoms with Gasteiger partial charge in [-0.2, -0.15) is 0 Å². The monoisotopic (exact) mass is 450 g/mol. The Balaban J connectivity index is 1.74. The van der Waals surface area contributed by atoms with Crippen LogP contribution in [0.25, 0.3) is 11.3 Å². The van der Waals surface area contributed by atoms with E-state index in [0.717, 1.165) is 43.7 Å². The lowest BCUT2D eigenvalue weighted by Crippen LogP contribution is -2.45. The van der Waals surface area contributed by atoms with Crippen LogP contribution >= 0.6 is 0 Å². The molecule has 2 heterocycles. The van der Waals surface area contributed by atoms with E-state index in [-0.39, 0.29) is 17.8 Å². The Labute approximate surface area is 194 Å². The molecule has 174 valence electrons. The van der Waals surface area contributed by atoms with Crippen LogP contribution in [0.2, 0.25) is 0 Å². The van der Waals surface area contributed by atoms with Crippen LogP contribution in [-0.4, -0.2) is 60.1 Å². The molecule has 1 atom stereocenters. The van der Waals surface area contributed by atoms with Crippen LogP contribution < -0.4 is 4.90 Å². The smallest absolute Gasteiger partial charge is 0.254 e. The second-order valence-electron chi connectivity index (χ2n) is 8.67. The molecule has 0 saturated carbocycles. The minimum absolute atomic E-state index is 0.0222. The molecule has 7 heteroatoms. The third-order valence-electron chi connectivity index (χ3n) is 6.41. The molecular formula is C26H31FN4O2. The third kappa shape index (κ3) is 5.09. The van der Waals surface area contributed by atoms with Crippen LogP contribution in [0.1, 0.15) is 36.2 Å². The fourth-order valence-corrected chi connectivity index (χ4v) is 4.10. The summed E-state index contributed by atoms with van der Waals surface area (Å²) in [5, 5.41) is 4.39. The maximum atomic E-state index is 13.6. The molecule has 2 aromatic carbocycles. The van der Waals surface area contributed by atoms with E-state index < -0.39 is 0 Å². The number of hydrogen-bond donors (Lipinski definition) is 0. The summed E-state index contributed by atoms with van der Waals surface area (Å²) in [7, 11) is 2.10. The number of hydrogen-bond acceptors (Lipinski definition) is 5. The topological polar surface area (TPSA) is 52.8 Å². The van der Waals surface area contributed by atoms with Crippen LogP contribution in [0.15, 0.2) is 59.1 Å². The Morgan fingerprint density at radius 2 is 1.76 bits per heavy atom. The Morgan fingerprint density at radius 1 is 1.09 bits per heavy atom. The lowest BCUT2D eigenvalue weighted by molar-refractivity contribution is 0.0672. The van der Waals surface area contributed by atoms with E-state index >= 15 is 0 Å². The minimum atomic E-state index is -0.302. The number of carbonyl (C=O) groups excluding carboxylic acids is 1. The lowest BCUT2D eigenvalue weighted by atomic mass is 10.0. The van der Waals surface area contributed by atoms with E-state index in [1.807, 2.05) is 35.2 Å². The highest BCUT2D eigenvalue weighted by Crippen LogP contribution is 2.34. The highest BCUT2D eigenvalue weighted by atomic mass is 19.1. The minimum Gasteiger partial charge on any atom is -0.338 e. The fraction of sp³-hybridized carbons (Fsp3) is 0.385. The van der Waals surface area contributed by atoms with Gasteiger partial charge in [-0.15, -0.1) is 0 Å². The van der Waals surface area contributed by atoms with Gasteiger partial charge in [0.1, 0.15) is 11.5 Å². The summed E-state index contributed by atoms with van der Waals surface area (Å²) in [4.78, 5) is 19.9. The summed E-state index contributed by atoms with van der Waals surface area (Å²) in [5.74, 6) is 0.362. The number of nitrogens with zero attached hydrogens (tertiary/aromatic N) is 4. The molecule has 0 N–H and O–H groups in total. The van der Waals surface area contributed by atoms with Crippen LogP contribution in [0.3, 0.4) is 0 Å². The van der Waals surface area contributed by atoms with E-state index in [9.17, 15) is 9.18 Å². The molecular weight excluding hydrogens is 419 g/mol. The Kier molecular flexibility index (Phi) is 7.08. The van der Waals surface area contributed by atoms with Crippen molar-refractivity contribution >= 4 is 11.8 Å². The first kappa shape index (κ1) is 23.0. The standard InChI is InChI=1S/C26H31FN4O2/c1-4-19(2)31(25(32)21-8-6-5-7-9-21)18-23-24(20-10-12-22(27)13-11-20)28-33-26(23)30-16-14-29(3)15-17-30/h5-13,19H,4,14-18H2,1-3H3. The molecule has 0 aliphatic carbocycles. The van der Waals surface area contributed by atoms with Crippen molar-refractivity contribution in [2.75, 3.05) is 38.1 Å². The fourth-order valence-electron chi connectivity index (χ4n) is 4.10. The molecule has 4 rings (SSSR count). The average molecular weight is 451 g/mol. The number of aromatic nitrogens is 1. The third-order valence-corrected chi connectivity index (χ3v) is 6.41. The van der Waals surface area contributed by atoms with Gasteiger partial charge in [0.25, 0.3) is 5.91 Å². The van der Waals surface area contributed by atoms with Gasteiger partial charge in [-0.1, -0.05) is 30.3 Å². The van der Waals surface area contributed by atoms with Gasteiger partial charge in [-0.05, 0) is 56.8 Å². The van der Waals surface area contributed by atoms with E-state index in [1.54, 1.807) is 12.1 Å². The number of piperazine rings is 1. The van der Waals surface area contributed by atoms with E-state index in [0.29, 0.717) is 23.7 Å². The lowest BCUT2D eigenvalue weighted by Gasteiger charge is -2.33. The van der Waals surface area contributed by atoms with E-state index in [1.165, 1.54) is 12.1 Å². The molecule has 1 fully saturated rings. The van der Waals surface area contributed by atoms with Crippen molar-refractivity contribution in [3.8, 4) is 11.3 Å². The normalized spacial score (nSPS) is 15.5. The molecule has 3 aromatic rings. The molecule has 1 amide bonds. The highest BCUT2D eigenvalue weighted by Gasteiger charge is 2.29. The second-order valence-corrected chi connectivity index (χ2v) is 8.67. The van der Waals surface area contributed by atoms with Gasteiger partial charge in [-0.3, -0.25) is 4.79 Å². The largest absolute Gasteiger partial charge is 0.338 e. The number of rotatable bonds is 7. The van der Waals surface area contributed by atoms with Crippen molar-refractivity contribution in [3.05, 3.63) is 71.5 Å². The van der Waals surface area contributed by atoms with Gasteiger partial charge in [-0.25, -0.2) is 4.39 Å². The summed E-state index contributed by atoms with van der Waals surface area (Å²) in [6, 6.07) is 15.6. The average Bonchev–Trinajstić information content (AvgIpc) is 3.26. The van der Waals surface area contributed by atoms with E-state index in [2.05, 4.69) is 35.9 Å². The van der Waals surface area contributed by atoms with Crippen LogP contribution in [-0.2, 0) is 6.54 Å². The molecule has 1 unspecified atom stereocenters. The van der Waals surface area contributed by atoms with Gasteiger partial charge >= 0.3 is 0 Å². The van der Waals surface area contributed by atoms with Crippen LogP contribution in [0, 0.1) is 5.82 Å². The second kappa shape index (κ2) is 10.2. The first-order valence-electron chi connectivity index (χ1n) is 11.5. The van der Waals surface area contributed by atoms with Crippen molar-refractivity contribution < 1.29 is 13.7 Å². The van der Waals surface area contributed by atoms with Crippen molar-refractivity contribution in [3.63, 3.8) is 0 Å². The molecule has 0 bridgehead atoms. The number of likely N-dealkylation sites (N-methyl/N-ethyl adjacent to an activating group) is 1. The highest BCUT2D eigenvalue weighted by molar-refractivity contribution is 5.94. The number of amides is 1. The van der Waals surface area contributed by atoms with Gasteiger partial charge in [0.2, 0.25) is 5.88 Å². The summed E-state index contributed by atoms with van der Waals surface area (Å²) in [6.45, 7) is 7.97. The van der Waals surface area contributed by atoms with Crippen molar-refractivity contribution in [1.82, 2.24) is 15.0 Å². The van der Waals surface area contributed by atoms with Gasteiger partial charge in [0.15, 0.2) is 0 Å². The summed E-state index contributed by atoms with van der Waals surface area (Å²) in [6.07, 6.45) is 0.819. The van der Waals surface area contributed by atoms with Crippen molar-refractivity contribution in [2.24, 2.45) is 0 Å². The van der Waals surface area contributed by atoms with Crippen LogP contribution in [0.5, 0.6) is 0 Å². The molecule has 1 aliphatic rings. The number of carbonyl (C=O) groups is 1. The molecule has 1 aromatic heterocycles. The number of halogens is 1. The maximum Gasteiger partial charge on any atom is 0.254 e. The Bertz CT molecular complexity index is 1060. The van der Waals surface area contributed by atoms with Gasteiger partial charge in [0, 0.05) is 43.3 Å². The molecule has 6 nitrogen and oxygen atoms in total. The Morgan fingerprint density at radius 3 is 2.39 bits per heavy atom. The summed E-state index contributed by atoms with van der Waals surface area (Å²) >= 11 is 0. The zero-order valence-electron chi connectivity index (χ0n) is 19.5. The number of benzene rings is 2. The first-order chi connectivity index (χ1) is 16.0. The zero-order valence-corrected chi connectivity index (χ0v) is 19.5. The molecule has 0 radical (unpaired) electrons. The van der Waals surface area contributed by atoms with Crippen LogP contribution in [0.4, 0.5) is 10.3 Å². The van der Waals surface area contributed by atoms with Gasteiger partial charge < -0.3 is 19.2 Å². The predicted molar refractivity (Wildman–Crippen MR) is 128 cm³/mol. The predicted octanol–water partition coefficient (Wildman–Crippen LogP) is 4.67.